The third-order valence-electron chi connectivity index (χ3n) is 2.56. The van der Waals surface area contributed by atoms with Crippen LogP contribution in [0.15, 0.2) is 20.9 Å². The zero-order valence-electron chi connectivity index (χ0n) is 14.7. The van der Waals surface area contributed by atoms with Gasteiger partial charge in [0.2, 0.25) is 0 Å². The monoisotopic (exact) mass is 373 g/mol. The van der Waals surface area contributed by atoms with Crippen molar-refractivity contribution >= 4 is 35.2 Å². The predicted octanol–water partition coefficient (Wildman–Crippen LogP) is 2.31. The van der Waals surface area contributed by atoms with Gasteiger partial charge in [0, 0.05) is 44.0 Å². The molecule has 0 atom stereocenters. The van der Waals surface area contributed by atoms with E-state index in [0.29, 0.717) is 13.1 Å². The number of thiazole rings is 1. The number of hydrogen-bond donors (Lipinski definition) is 3. The topological polar surface area (TPSA) is 87.6 Å². The van der Waals surface area contributed by atoms with Crippen LogP contribution >= 0.6 is 23.1 Å². The van der Waals surface area contributed by atoms with Gasteiger partial charge in [0.25, 0.3) is 0 Å². The number of rotatable bonds is 8. The first kappa shape index (κ1) is 20.6. The minimum absolute atomic E-state index is 0.411. The molecular formula is C15H27N5O2S2. The van der Waals surface area contributed by atoms with Gasteiger partial charge in [0.1, 0.15) is 9.94 Å². The second-order valence-electron chi connectivity index (χ2n) is 5.85. The third kappa shape index (κ3) is 10.3. The Hall–Kier alpha value is -1.48. The smallest absolute Gasteiger partial charge is 0.407 e. The van der Waals surface area contributed by atoms with E-state index in [9.17, 15) is 4.79 Å². The van der Waals surface area contributed by atoms with Crippen molar-refractivity contribution in [2.45, 2.75) is 37.1 Å². The van der Waals surface area contributed by atoms with Crippen LogP contribution in [-0.2, 0) is 4.74 Å². The first-order valence-electron chi connectivity index (χ1n) is 7.84. The molecule has 3 N–H and O–H groups in total. The summed E-state index contributed by atoms with van der Waals surface area (Å²) < 4.78 is 6.27. The SMILES string of the molecule is CN=C(NCCCSc1nccs1)NCCNC(=O)OC(C)(C)C. The lowest BCUT2D eigenvalue weighted by Gasteiger charge is -2.19. The Morgan fingerprint density at radius 1 is 1.29 bits per heavy atom. The van der Waals surface area contributed by atoms with Crippen molar-refractivity contribution in [3.05, 3.63) is 11.6 Å². The summed E-state index contributed by atoms with van der Waals surface area (Å²) in [6.45, 7) is 7.38. The standard InChI is InChI=1S/C15H27N5O2S2/c1-15(2,3)22-13(21)19-8-7-18-12(16-4)17-6-5-10-23-14-20-9-11-24-14/h9,11H,5-8,10H2,1-4H3,(H,19,21)(H2,16,17,18). The van der Waals surface area contributed by atoms with Gasteiger partial charge in [-0.25, -0.2) is 9.78 Å². The molecule has 1 heterocycles. The van der Waals surface area contributed by atoms with Crippen LogP contribution in [0.1, 0.15) is 27.2 Å². The molecule has 1 rings (SSSR count). The minimum atomic E-state index is -0.480. The Labute approximate surface area is 152 Å². The van der Waals surface area contributed by atoms with Crippen molar-refractivity contribution < 1.29 is 9.53 Å². The summed E-state index contributed by atoms with van der Waals surface area (Å²) >= 11 is 3.42. The van der Waals surface area contributed by atoms with Crippen LogP contribution in [0.3, 0.4) is 0 Å². The van der Waals surface area contributed by atoms with Crippen molar-refractivity contribution in [2.24, 2.45) is 4.99 Å². The first-order valence-corrected chi connectivity index (χ1v) is 9.71. The molecule has 0 aliphatic carbocycles. The van der Waals surface area contributed by atoms with E-state index in [1.54, 1.807) is 30.1 Å². The van der Waals surface area contributed by atoms with Gasteiger partial charge in [-0.15, -0.1) is 11.3 Å². The van der Waals surface area contributed by atoms with Crippen LogP contribution < -0.4 is 16.0 Å². The summed E-state index contributed by atoms with van der Waals surface area (Å²) in [5, 5.41) is 11.1. The molecule has 136 valence electrons. The van der Waals surface area contributed by atoms with E-state index in [4.69, 9.17) is 4.74 Å². The number of guanidine groups is 1. The lowest BCUT2D eigenvalue weighted by molar-refractivity contribution is 0.0529. The van der Waals surface area contributed by atoms with Crippen LogP contribution in [0.4, 0.5) is 4.79 Å². The molecule has 0 aliphatic heterocycles. The van der Waals surface area contributed by atoms with Gasteiger partial charge in [0.05, 0.1) is 0 Å². The number of hydrogen-bond acceptors (Lipinski definition) is 6. The molecule has 0 saturated carbocycles. The number of carbonyl (C=O) groups is 1. The van der Waals surface area contributed by atoms with E-state index in [1.807, 2.05) is 32.3 Å². The Morgan fingerprint density at radius 3 is 2.62 bits per heavy atom. The molecule has 0 radical (unpaired) electrons. The maximum absolute atomic E-state index is 11.5. The number of amides is 1. The molecule has 24 heavy (non-hydrogen) atoms. The Bertz CT molecular complexity index is 500. The van der Waals surface area contributed by atoms with E-state index in [1.165, 1.54) is 0 Å². The zero-order valence-corrected chi connectivity index (χ0v) is 16.4. The van der Waals surface area contributed by atoms with Gasteiger partial charge in [0.15, 0.2) is 5.96 Å². The molecule has 0 aliphatic rings. The van der Waals surface area contributed by atoms with E-state index >= 15 is 0 Å². The van der Waals surface area contributed by atoms with Gasteiger partial charge in [-0.2, -0.15) is 0 Å². The summed E-state index contributed by atoms with van der Waals surface area (Å²) in [5.41, 5.74) is -0.480. The first-order chi connectivity index (χ1) is 11.4. The summed E-state index contributed by atoms with van der Waals surface area (Å²) in [5.74, 6) is 1.73. The molecule has 0 bridgehead atoms. The number of alkyl carbamates (subject to hydrolysis) is 1. The highest BCUT2D eigenvalue weighted by Crippen LogP contribution is 2.20. The molecule has 0 fully saturated rings. The average molecular weight is 374 g/mol. The van der Waals surface area contributed by atoms with Crippen molar-refractivity contribution in [1.82, 2.24) is 20.9 Å². The number of ether oxygens (including phenoxy) is 1. The molecule has 0 aromatic carbocycles. The van der Waals surface area contributed by atoms with Gasteiger partial charge in [-0.1, -0.05) is 11.8 Å². The van der Waals surface area contributed by atoms with E-state index in [0.717, 1.165) is 29.0 Å². The van der Waals surface area contributed by atoms with Crippen molar-refractivity contribution in [3.63, 3.8) is 0 Å². The normalized spacial score (nSPS) is 11.9. The molecule has 0 unspecified atom stereocenters. The van der Waals surface area contributed by atoms with E-state index < -0.39 is 11.7 Å². The van der Waals surface area contributed by atoms with Crippen LogP contribution in [0, 0.1) is 0 Å². The molecular weight excluding hydrogens is 346 g/mol. The maximum atomic E-state index is 11.5. The average Bonchev–Trinajstić information content (AvgIpc) is 3.00. The number of aliphatic imine (C=N–C) groups is 1. The molecule has 0 spiro atoms. The molecule has 1 amide bonds. The second kappa shape index (κ2) is 11.1. The summed E-state index contributed by atoms with van der Waals surface area (Å²) in [6.07, 6.45) is 2.43. The summed E-state index contributed by atoms with van der Waals surface area (Å²) in [6, 6.07) is 0. The number of nitrogens with zero attached hydrogens (tertiary/aromatic N) is 2. The van der Waals surface area contributed by atoms with Crippen molar-refractivity contribution in [3.8, 4) is 0 Å². The van der Waals surface area contributed by atoms with Crippen LogP contribution in [-0.4, -0.2) is 55.1 Å². The molecule has 9 heteroatoms. The zero-order chi connectivity index (χ0) is 17.8. The molecule has 0 saturated heterocycles. The van der Waals surface area contributed by atoms with E-state index in [-0.39, 0.29) is 0 Å². The number of carbonyl (C=O) groups excluding carboxylic acids is 1. The fourth-order valence-corrected chi connectivity index (χ4v) is 3.25. The fraction of sp³-hybridized carbons (Fsp3) is 0.667. The highest BCUT2D eigenvalue weighted by atomic mass is 32.2. The van der Waals surface area contributed by atoms with Crippen molar-refractivity contribution in [1.29, 1.82) is 0 Å². The lowest BCUT2D eigenvalue weighted by Crippen LogP contribution is -2.42. The number of nitrogens with one attached hydrogen (secondary N) is 3. The molecule has 1 aromatic heterocycles. The molecule has 1 aromatic rings. The highest BCUT2D eigenvalue weighted by Gasteiger charge is 2.15. The minimum Gasteiger partial charge on any atom is -0.444 e. The van der Waals surface area contributed by atoms with Crippen LogP contribution in [0.2, 0.25) is 0 Å². The predicted molar refractivity (Wildman–Crippen MR) is 101 cm³/mol. The maximum Gasteiger partial charge on any atom is 0.407 e. The molecule has 7 nitrogen and oxygen atoms in total. The van der Waals surface area contributed by atoms with Gasteiger partial charge < -0.3 is 20.7 Å². The van der Waals surface area contributed by atoms with Gasteiger partial charge in [-0.3, -0.25) is 4.99 Å². The van der Waals surface area contributed by atoms with Crippen LogP contribution in [0.25, 0.3) is 0 Å². The second-order valence-corrected chi connectivity index (χ2v) is 8.09. The Kier molecular flexibility index (Phi) is 9.55. The lowest BCUT2D eigenvalue weighted by atomic mass is 10.2. The van der Waals surface area contributed by atoms with Gasteiger partial charge >= 0.3 is 6.09 Å². The van der Waals surface area contributed by atoms with Crippen LogP contribution in [0.5, 0.6) is 0 Å². The number of aromatic nitrogens is 1. The highest BCUT2D eigenvalue weighted by molar-refractivity contribution is 8.00. The van der Waals surface area contributed by atoms with E-state index in [2.05, 4.69) is 25.9 Å². The van der Waals surface area contributed by atoms with Gasteiger partial charge in [-0.05, 0) is 27.2 Å². The quantitative estimate of drug-likeness (QED) is 0.280. The third-order valence-corrected chi connectivity index (χ3v) is 4.61. The summed E-state index contributed by atoms with van der Waals surface area (Å²) in [7, 11) is 1.72. The Balaban J connectivity index is 2.05. The van der Waals surface area contributed by atoms with Crippen molar-refractivity contribution in [2.75, 3.05) is 32.4 Å². The fourth-order valence-electron chi connectivity index (χ4n) is 1.60. The largest absolute Gasteiger partial charge is 0.444 e. The Morgan fingerprint density at radius 2 is 2.00 bits per heavy atom. The summed E-state index contributed by atoms with van der Waals surface area (Å²) in [4.78, 5) is 19.9. The number of thioether (sulfide) groups is 1.